The number of aryl methyl sites for hydroxylation is 1. The molecule has 4 rings (SSSR count). The highest BCUT2D eigenvalue weighted by molar-refractivity contribution is 5.91. The minimum atomic E-state index is -0.0449. The summed E-state index contributed by atoms with van der Waals surface area (Å²) in [6.45, 7) is 2.26. The van der Waals surface area contributed by atoms with Crippen molar-refractivity contribution in [2.45, 2.75) is 25.7 Å². The fourth-order valence-electron chi connectivity index (χ4n) is 3.26. The largest absolute Gasteiger partial charge is 0.370 e. The summed E-state index contributed by atoms with van der Waals surface area (Å²) in [5, 5.41) is 8.42. The Balaban J connectivity index is 1.31. The van der Waals surface area contributed by atoms with Crippen molar-refractivity contribution in [2.24, 2.45) is 7.05 Å². The molecule has 8 heteroatoms. The first-order chi connectivity index (χ1) is 13.2. The lowest BCUT2D eigenvalue weighted by Crippen LogP contribution is -2.31. The van der Waals surface area contributed by atoms with Gasteiger partial charge in [-0.3, -0.25) is 4.79 Å². The van der Waals surface area contributed by atoms with Crippen LogP contribution < -0.4 is 0 Å². The number of carbonyl (C=O) groups is 1. The Morgan fingerprint density at radius 2 is 2.11 bits per heavy atom. The molecule has 1 fully saturated rings. The van der Waals surface area contributed by atoms with Crippen LogP contribution in [0.3, 0.4) is 0 Å². The maximum atomic E-state index is 12.6. The van der Waals surface area contributed by atoms with E-state index in [2.05, 4.69) is 15.3 Å². The maximum absolute atomic E-state index is 12.6. The van der Waals surface area contributed by atoms with E-state index in [9.17, 15) is 4.79 Å². The quantitative estimate of drug-likeness (QED) is 0.665. The van der Waals surface area contributed by atoms with Crippen molar-refractivity contribution in [3.63, 3.8) is 0 Å². The third-order valence-corrected chi connectivity index (χ3v) is 4.76. The molecule has 3 heterocycles. The van der Waals surface area contributed by atoms with Gasteiger partial charge >= 0.3 is 0 Å². The third kappa shape index (κ3) is 3.90. The van der Waals surface area contributed by atoms with E-state index >= 15 is 0 Å². The van der Waals surface area contributed by atoms with E-state index in [4.69, 9.17) is 4.74 Å². The Morgan fingerprint density at radius 3 is 2.89 bits per heavy atom. The number of nitrogens with zero attached hydrogens (tertiary/aromatic N) is 6. The average molecular weight is 366 g/mol. The van der Waals surface area contributed by atoms with Gasteiger partial charge in [0.05, 0.1) is 25.5 Å². The Hall–Kier alpha value is -3.00. The molecular formula is C19H22N6O2. The second-order valence-electron chi connectivity index (χ2n) is 6.72. The number of hydrogen-bond donors (Lipinski definition) is 0. The smallest absolute Gasteiger partial charge is 0.289 e. The highest BCUT2D eigenvalue weighted by Crippen LogP contribution is 2.22. The molecule has 0 bridgehead atoms. The van der Waals surface area contributed by atoms with Crippen LogP contribution in [0.1, 0.15) is 34.3 Å². The topological polar surface area (TPSA) is 78.1 Å². The number of likely N-dealkylation sites (tertiary alicyclic amines) is 1. The fourth-order valence-corrected chi connectivity index (χ4v) is 3.26. The number of benzene rings is 1. The highest BCUT2D eigenvalue weighted by atomic mass is 16.5. The third-order valence-electron chi connectivity index (χ3n) is 4.76. The van der Waals surface area contributed by atoms with Crippen LogP contribution in [-0.2, 0) is 25.0 Å². The van der Waals surface area contributed by atoms with Gasteiger partial charge in [-0.05, 0) is 12.0 Å². The summed E-state index contributed by atoms with van der Waals surface area (Å²) in [4.78, 5) is 18.5. The number of ether oxygens (including phenoxy) is 1. The van der Waals surface area contributed by atoms with Crippen molar-refractivity contribution in [3.05, 3.63) is 66.0 Å². The van der Waals surface area contributed by atoms with Gasteiger partial charge in [-0.2, -0.15) is 0 Å². The van der Waals surface area contributed by atoms with Crippen LogP contribution in [0.15, 0.2) is 48.9 Å². The van der Waals surface area contributed by atoms with Crippen LogP contribution in [0.25, 0.3) is 0 Å². The number of imidazole rings is 1. The summed E-state index contributed by atoms with van der Waals surface area (Å²) >= 11 is 0. The molecule has 140 valence electrons. The molecule has 0 radical (unpaired) electrons. The van der Waals surface area contributed by atoms with E-state index in [1.54, 1.807) is 17.0 Å². The molecule has 0 spiro atoms. The van der Waals surface area contributed by atoms with E-state index in [-0.39, 0.29) is 11.9 Å². The van der Waals surface area contributed by atoms with E-state index in [1.807, 2.05) is 53.2 Å². The van der Waals surface area contributed by atoms with Crippen molar-refractivity contribution < 1.29 is 9.53 Å². The molecule has 2 aromatic heterocycles. The zero-order valence-corrected chi connectivity index (χ0v) is 15.2. The molecule has 1 aromatic carbocycles. The Kier molecular flexibility index (Phi) is 4.97. The maximum Gasteiger partial charge on any atom is 0.289 e. The van der Waals surface area contributed by atoms with Crippen LogP contribution in [0.4, 0.5) is 0 Å². The highest BCUT2D eigenvalue weighted by Gasteiger charge is 2.30. The predicted octanol–water partition coefficient (Wildman–Crippen LogP) is 1.82. The van der Waals surface area contributed by atoms with Gasteiger partial charge in [0.15, 0.2) is 5.82 Å². The second-order valence-corrected chi connectivity index (χ2v) is 6.72. The monoisotopic (exact) mass is 366 g/mol. The van der Waals surface area contributed by atoms with Gasteiger partial charge in [-0.1, -0.05) is 35.5 Å². The van der Waals surface area contributed by atoms with Crippen molar-refractivity contribution in [2.75, 3.05) is 13.1 Å². The van der Waals surface area contributed by atoms with Gasteiger partial charge in [0.25, 0.3) is 5.91 Å². The molecule has 1 unspecified atom stereocenters. The van der Waals surface area contributed by atoms with Crippen LogP contribution in [0.5, 0.6) is 0 Å². The zero-order chi connectivity index (χ0) is 18.6. The van der Waals surface area contributed by atoms with Gasteiger partial charge in [0, 0.05) is 32.5 Å². The summed E-state index contributed by atoms with van der Waals surface area (Å²) in [6, 6.07) is 10.2. The summed E-state index contributed by atoms with van der Waals surface area (Å²) in [6.07, 6.45) is 6.17. The summed E-state index contributed by atoms with van der Waals surface area (Å²) in [7, 11) is 1.83. The molecule has 1 amide bonds. The number of hydrogen-bond acceptors (Lipinski definition) is 5. The van der Waals surface area contributed by atoms with E-state index in [1.165, 1.54) is 0 Å². The number of carbonyl (C=O) groups excluding carboxylic acids is 1. The van der Waals surface area contributed by atoms with Gasteiger partial charge in [0.2, 0.25) is 0 Å². The predicted molar refractivity (Wildman–Crippen MR) is 97.7 cm³/mol. The van der Waals surface area contributed by atoms with E-state index in [0.29, 0.717) is 32.1 Å². The molecule has 1 aliphatic rings. The Morgan fingerprint density at radius 1 is 1.26 bits per heavy atom. The molecule has 3 aromatic rings. The first kappa shape index (κ1) is 17.4. The lowest BCUT2D eigenvalue weighted by Gasteiger charge is -2.16. The molecular weight excluding hydrogens is 344 g/mol. The molecule has 0 N–H and O–H groups in total. The number of rotatable bonds is 6. The van der Waals surface area contributed by atoms with Crippen LogP contribution in [0, 0.1) is 0 Å². The van der Waals surface area contributed by atoms with Gasteiger partial charge < -0.3 is 14.2 Å². The summed E-state index contributed by atoms with van der Waals surface area (Å²) in [5.41, 5.74) is 1.92. The second kappa shape index (κ2) is 7.71. The average Bonchev–Trinajstić information content (AvgIpc) is 3.42. The minimum Gasteiger partial charge on any atom is -0.370 e. The van der Waals surface area contributed by atoms with Crippen molar-refractivity contribution >= 4 is 5.91 Å². The van der Waals surface area contributed by atoms with Crippen molar-refractivity contribution in [1.82, 2.24) is 29.4 Å². The first-order valence-electron chi connectivity index (χ1n) is 8.99. The Labute approximate surface area is 157 Å². The van der Waals surface area contributed by atoms with Crippen molar-refractivity contribution in [3.8, 4) is 0 Å². The van der Waals surface area contributed by atoms with Gasteiger partial charge in [0.1, 0.15) is 5.69 Å². The van der Waals surface area contributed by atoms with Gasteiger partial charge in [-0.15, -0.1) is 5.10 Å². The SMILES string of the molecule is Cn1ccnc1C(=O)N1CCC(n2cc(COCc3ccccc3)nn2)C1. The summed E-state index contributed by atoms with van der Waals surface area (Å²) in [5.74, 6) is 0.417. The molecule has 8 nitrogen and oxygen atoms in total. The zero-order valence-electron chi connectivity index (χ0n) is 15.2. The fraction of sp³-hybridized carbons (Fsp3) is 0.368. The Bertz CT molecular complexity index is 904. The first-order valence-corrected chi connectivity index (χ1v) is 8.99. The lowest BCUT2D eigenvalue weighted by molar-refractivity contribution is 0.0771. The summed E-state index contributed by atoms with van der Waals surface area (Å²) < 4.78 is 9.30. The molecule has 1 aliphatic heterocycles. The molecule has 0 saturated carbocycles. The molecule has 27 heavy (non-hydrogen) atoms. The number of aromatic nitrogens is 5. The molecule has 1 atom stereocenters. The minimum absolute atomic E-state index is 0.0449. The van der Waals surface area contributed by atoms with Crippen molar-refractivity contribution in [1.29, 1.82) is 0 Å². The van der Waals surface area contributed by atoms with Crippen LogP contribution >= 0.6 is 0 Å². The van der Waals surface area contributed by atoms with Crippen LogP contribution in [0.2, 0.25) is 0 Å². The lowest BCUT2D eigenvalue weighted by atomic mass is 10.2. The van der Waals surface area contributed by atoms with E-state index < -0.39 is 0 Å². The van der Waals surface area contributed by atoms with Crippen LogP contribution in [-0.4, -0.2) is 48.4 Å². The standard InChI is InChI=1S/C19H22N6O2/c1-23-10-8-20-18(23)19(26)24-9-7-17(12-24)25-11-16(21-22-25)14-27-13-15-5-3-2-4-6-15/h2-6,8,10-11,17H,7,9,12-14H2,1H3. The molecule has 1 saturated heterocycles. The van der Waals surface area contributed by atoms with Gasteiger partial charge in [-0.25, -0.2) is 9.67 Å². The normalized spacial score (nSPS) is 16.8. The molecule has 0 aliphatic carbocycles. The van der Waals surface area contributed by atoms with E-state index in [0.717, 1.165) is 17.7 Å². The number of amides is 1.